The summed E-state index contributed by atoms with van der Waals surface area (Å²) in [5.74, 6) is 0.249. The zero-order valence-corrected chi connectivity index (χ0v) is 19.1. The number of carbonyl (C=O) groups is 2. The summed E-state index contributed by atoms with van der Waals surface area (Å²) in [5, 5.41) is 2.81. The Kier molecular flexibility index (Phi) is 8.03. The first-order valence-corrected chi connectivity index (χ1v) is 10.8. The number of hydrogen-bond donors (Lipinski definition) is 1. The average molecular weight is 480 g/mol. The summed E-state index contributed by atoms with van der Waals surface area (Å²) in [7, 11) is 2.85. The van der Waals surface area contributed by atoms with Gasteiger partial charge < -0.3 is 19.5 Å². The first-order chi connectivity index (χ1) is 16.2. The van der Waals surface area contributed by atoms with Crippen molar-refractivity contribution in [2.45, 2.75) is 38.1 Å². The molecule has 2 atom stereocenters. The van der Waals surface area contributed by atoms with Crippen LogP contribution in [0.5, 0.6) is 11.5 Å². The molecule has 2 aromatic carbocycles. The van der Waals surface area contributed by atoms with Crippen LogP contribution in [0.25, 0.3) is 0 Å². The summed E-state index contributed by atoms with van der Waals surface area (Å²) in [4.78, 5) is 26.9. The second-order valence-corrected chi connectivity index (χ2v) is 7.87. The molecule has 1 saturated heterocycles. The van der Waals surface area contributed by atoms with Gasteiger partial charge in [-0.25, -0.2) is 0 Å². The first-order valence-electron chi connectivity index (χ1n) is 10.8. The van der Waals surface area contributed by atoms with Gasteiger partial charge in [-0.1, -0.05) is 6.07 Å². The lowest BCUT2D eigenvalue weighted by Gasteiger charge is -2.22. The van der Waals surface area contributed by atoms with Crippen molar-refractivity contribution in [3.63, 3.8) is 0 Å². The van der Waals surface area contributed by atoms with Crippen LogP contribution in [0, 0.1) is 0 Å². The van der Waals surface area contributed by atoms with Gasteiger partial charge in [-0.05, 0) is 55.3 Å². The number of hydrogen-bond acceptors (Lipinski definition) is 6. The van der Waals surface area contributed by atoms with E-state index in [1.165, 1.54) is 7.11 Å². The summed E-state index contributed by atoms with van der Waals surface area (Å²) in [5.41, 5.74) is 0.165. The Balaban J connectivity index is 1.71. The predicted molar refractivity (Wildman–Crippen MR) is 118 cm³/mol. The standard InChI is InChI=1S/C24H27F3N2O5/c1-4-34-21-11-15(5-10-20(21)32-2)13-29-14-18(12-19(29)23(31)33-3)28-22(30)16-6-8-17(9-7-16)24(25,26)27/h5-11,18-19H,4,12-14H2,1-3H3,(H,28,30)/t18-,19-/m0/s1. The second kappa shape index (κ2) is 10.8. The number of alkyl halides is 3. The molecule has 184 valence electrons. The summed E-state index contributed by atoms with van der Waals surface area (Å²) in [6, 6.07) is 8.52. The number of carbonyl (C=O) groups excluding carboxylic acids is 2. The van der Waals surface area contributed by atoms with E-state index in [4.69, 9.17) is 14.2 Å². The molecule has 0 aliphatic carbocycles. The third kappa shape index (κ3) is 5.99. The van der Waals surface area contributed by atoms with E-state index in [0.29, 0.717) is 37.6 Å². The molecule has 34 heavy (non-hydrogen) atoms. The van der Waals surface area contributed by atoms with E-state index in [9.17, 15) is 22.8 Å². The zero-order chi connectivity index (χ0) is 24.9. The highest BCUT2D eigenvalue weighted by molar-refractivity contribution is 5.94. The van der Waals surface area contributed by atoms with Crippen LogP contribution in [0.15, 0.2) is 42.5 Å². The molecular formula is C24H27F3N2O5. The van der Waals surface area contributed by atoms with E-state index >= 15 is 0 Å². The predicted octanol–water partition coefficient (Wildman–Crippen LogP) is 3.66. The number of halogens is 3. The molecule has 1 N–H and O–H groups in total. The van der Waals surface area contributed by atoms with Gasteiger partial charge in [0.1, 0.15) is 6.04 Å². The average Bonchev–Trinajstić information content (AvgIpc) is 3.20. The highest BCUT2D eigenvalue weighted by Crippen LogP contribution is 2.31. The van der Waals surface area contributed by atoms with Crippen molar-refractivity contribution in [2.24, 2.45) is 0 Å². The van der Waals surface area contributed by atoms with Gasteiger partial charge in [-0.2, -0.15) is 13.2 Å². The first kappa shape index (κ1) is 25.4. The minimum atomic E-state index is -4.47. The smallest absolute Gasteiger partial charge is 0.416 e. The SMILES string of the molecule is CCOc1cc(CN2C[C@@H](NC(=O)c3ccc(C(F)(F)F)cc3)C[C@H]2C(=O)OC)ccc1OC. The topological polar surface area (TPSA) is 77.1 Å². The molecule has 0 spiro atoms. The molecule has 1 aliphatic rings. The quantitative estimate of drug-likeness (QED) is 0.582. The van der Waals surface area contributed by atoms with E-state index < -0.39 is 29.7 Å². The lowest BCUT2D eigenvalue weighted by Crippen LogP contribution is -2.37. The molecule has 1 aliphatic heterocycles. The Morgan fingerprint density at radius 3 is 2.38 bits per heavy atom. The van der Waals surface area contributed by atoms with E-state index in [1.807, 2.05) is 24.0 Å². The van der Waals surface area contributed by atoms with Crippen LogP contribution in [0.3, 0.4) is 0 Å². The van der Waals surface area contributed by atoms with Gasteiger partial charge in [-0.15, -0.1) is 0 Å². The highest BCUT2D eigenvalue weighted by Gasteiger charge is 2.38. The fraction of sp³-hybridized carbons (Fsp3) is 0.417. The molecule has 3 rings (SSSR count). The Morgan fingerprint density at radius 2 is 1.79 bits per heavy atom. The van der Waals surface area contributed by atoms with Gasteiger partial charge in [0.2, 0.25) is 0 Å². The summed E-state index contributed by atoms with van der Waals surface area (Å²) < 4.78 is 54.2. The Morgan fingerprint density at radius 1 is 1.09 bits per heavy atom. The van der Waals surface area contributed by atoms with Crippen LogP contribution in [0.2, 0.25) is 0 Å². The number of ether oxygens (including phenoxy) is 3. The second-order valence-electron chi connectivity index (χ2n) is 7.87. The van der Waals surface area contributed by atoms with Crippen molar-refractivity contribution >= 4 is 11.9 Å². The molecule has 1 amide bonds. The Labute approximate surface area is 195 Å². The molecule has 0 unspecified atom stereocenters. The zero-order valence-electron chi connectivity index (χ0n) is 19.1. The number of methoxy groups -OCH3 is 2. The van der Waals surface area contributed by atoms with Crippen LogP contribution in [0.1, 0.15) is 34.8 Å². The molecule has 7 nitrogen and oxygen atoms in total. The molecule has 1 heterocycles. The van der Waals surface area contributed by atoms with Crippen molar-refractivity contribution in [1.29, 1.82) is 0 Å². The van der Waals surface area contributed by atoms with Gasteiger partial charge in [0.05, 0.1) is 26.4 Å². The maximum atomic E-state index is 12.8. The number of nitrogens with zero attached hydrogens (tertiary/aromatic N) is 1. The number of benzene rings is 2. The molecule has 0 saturated carbocycles. The fourth-order valence-electron chi connectivity index (χ4n) is 3.97. The Bertz CT molecular complexity index is 1010. The summed E-state index contributed by atoms with van der Waals surface area (Å²) in [6.45, 7) is 3.09. The monoisotopic (exact) mass is 480 g/mol. The molecule has 0 aromatic heterocycles. The largest absolute Gasteiger partial charge is 0.493 e. The van der Waals surface area contributed by atoms with Crippen LogP contribution in [-0.4, -0.2) is 56.2 Å². The van der Waals surface area contributed by atoms with Crippen molar-refractivity contribution in [3.8, 4) is 11.5 Å². The lowest BCUT2D eigenvalue weighted by atomic mass is 10.1. The molecule has 2 aromatic rings. The normalized spacial score (nSPS) is 18.4. The van der Waals surface area contributed by atoms with Crippen LogP contribution >= 0.6 is 0 Å². The third-order valence-corrected chi connectivity index (χ3v) is 5.60. The number of rotatable bonds is 8. The van der Waals surface area contributed by atoms with Gasteiger partial charge in [0.15, 0.2) is 11.5 Å². The van der Waals surface area contributed by atoms with Crippen molar-refractivity contribution in [1.82, 2.24) is 10.2 Å². The molecule has 0 bridgehead atoms. The molecule has 0 radical (unpaired) electrons. The van der Waals surface area contributed by atoms with Gasteiger partial charge in [0.25, 0.3) is 5.91 Å². The summed E-state index contributed by atoms with van der Waals surface area (Å²) >= 11 is 0. The highest BCUT2D eigenvalue weighted by atomic mass is 19.4. The molecular weight excluding hydrogens is 453 g/mol. The van der Waals surface area contributed by atoms with E-state index in [0.717, 1.165) is 29.8 Å². The lowest BCUT2D eigenvalue weighted by molar-refractivity contribution is -0.146. The van der Waals surface area contributed by atoms with Crippen LogP contribution < -0.4 is 14.8 Å². The van der Waals surface area contributed by atoms with Gasteiger partial charge >= 0.3 is 12.1 Å². The third-order valence-electron chi connectivity index (χ3n) is 5.60. The minimum absolute atomic E-state index is 0.109. The van der Waals surface area contributed by atoms with Gasteiger partial charge in [0, 0.05) is 24.7 Å². The molecule has 10 heteroatoms. The van der Waals surface area contributed by atoms with E-state index in [-0.39, 0.29) is 11.6 Å². The number of likely N-dealkylation sites (tertiary alicyclic amines) is 1. The van der Waals surface area contributed by atoms with Crippen LogP contribution in [0.4, 0.5) is 13.2 Å². The van der Waals surface area contributed by atoms with E-state index in [1.54, 1.807) is 13.2 Å². The van der Waals surface area contributed by atoms with Crippen molar-refractivity contribution < 1.29 is 37.0 Å². The molecule has 1 fully saturated rings. The maximum absolute atomic E-state index is 12.8. The van der Waals surface area contributed by atoms with Gasteiger partial charge in [-0.3, -0.25) is 14.5 Å². The fourth-order valence-corrected chi connectivity index (χ4v) is 3.97. The minimum Gasteiger partial charge on any atom is -0.493 e. The van der Waals surface area contributed by atoms with Crippen LogP contribution in [-0.2, 0) is 22.3 Å². The Hall–Kier alpha value is -3.27. The summed E-state index contributed by atoms with van der Waals surface area (Å²) in [6.07, 6.45) is -4.16. The number of amides is 1. The van der Waals surface area contributed by atoms with Crippen molar-refractivity contribution in [3.05, 3.63) is 59.2 Å². The maximum Gasteiger partial charge on any atom is 0.416 e. The van der Waals surface area contributed by atoms with E-state index in [2.05, 4.69) is 5.32 Å². The number of nitrogens with one attached hydrogen (secondary N) is 1. The number of esters is 1. The van der Waals surface area contributed by atoms with Crippen molar-refractivity contribution in [2.75, 3.05) is 27.4 Å².